The molecule has 2 amide bonds. The Morgan fingerprint density at radius 1 is 1.22 bits per heavy atom. The van der Waals surface area contributed by atoms with Crippen LogP contribution >= 0.6 is 0 Å². The molecule has 1 aromatic carbocycles. The van der Waals surface area contributed by atoms with Crippen LogP contribution in [0.3, 0.4) is 0 Å². The standard InChI is InChI=1S/C21H27N3O3/c1-2-3-4-7-12-24-16-21(27-20(24)26)10-13-23(14-11-21)19(25)18-9-6-5-8-17(18)15-22/h5-6,8-9H,2-4,7,10-14,16H2,1H3. The van der Waals surface area contributed by atoms with Gasteiger partial charge in [0.15, 0.2) is 0 Å². The Morgan fingerprint density at radius 3 is 2.67 bits per heavy atom. The average molecular weight is 369 g/mol. The molecule has 2 aliphatic rings. The summed E-state index contributed by atoms with van der Waals surface area (Å²) in [6, 6.07) is 8.96. The molecule has 0 unspecified atom stereocenters. The van der Waals surface area contributed by atoms with Crippen LogP contribution in [0.2, 0.25) is 0 Å². The molecule has 1 aromatic rings. The lowest BCUT2D eigenvalue weighted by molar-refractivity contribution is 0.00313. The van der Waals surface area contributed by atoms with Crippen LogP contribution in [0.5, 0.6) is 0 Å². The largest absolute Gasteiger partial charge is 0.441 e. The number of benzene rings is 1. The van der Waals surface area contributed by atoms with Gasteiger partial charge in [-0.2, -0.15) is 5.26 Å². The van der Waals surface area contributed by atoms with Gasteiger partial charge in [0, 0.05) is 32.5 Å². The summed E-state index contributed by atoms with van der Waals surface area (Å²) in [4.78, 5) is 28.6. The number of nitrogens with zero attached hydrogens (tertiary/aromatic N) is 3. The Labute approximate surface area is 160 Å². The van der Waals surface area contributed by atoms with Gasteiger partial charge in [0.1, 0.15) is 5.60 Å². The summed E-state index contributed by atoms with van der Waals surface area (Å²) in [6.45, 7) is 4.61. The highest BCUT2D eigenvalue weighted by atomic mass is 16.6. The summed E-state index contributed by atoms with van der Waals surface area (Å²) < 4.78 is 5.73. The highest BCUT2D eigenvalue weighted by molar-refractivity contribution is 5.96. The van der Waals surface area contributed by atoms with Crippen LogP contribution in [0.25, 0.3) is 0 Å². The first-order valence-corrected chi connectivity index (χ1v) is 9.85. The zero-order valence-electron chi connectivity index (χ0n) is 15.9. The molecule has 1 spiro atoms. The van der Waals surface area contributed by atoms with E-state index in [1.807, 2.05) is 4.90 Å². The van der Waals surface area contributed by atoms with Crippen molar-refractivity contribution in [1.29, 1.82) is 5.26 Å². The van der Waals surface area contributed by atoms with Crippen molar-refractivity contribution < 1.29 is 14.3 Å². The van der Waals surface area contributed by atoms with Gasteiger partial charge in [0.25, 0.3) is 5.91 Å². The Bertz CT molecular complexity index is 732. The second kappa shape index (κ2) is 8.43. The van der Waals surface area contributed by atoms with E-state index in [0.29, 0.717) is 43.6 Å². The summed E-state index contributed by atoms with van der Waals surface area (Å²) in [5.41, 5.74) is 0.373. The van der Waals surface area contributed by atoms with E-state index in [1.54, 1.807) is 29.2 Å². The van der Waals surface area contributed by atoms with E-state index < -0.39 is 5.60 Å². The first-order chi connectivity index (χ1) is 13.1. The number of hydrogen-bond donors (Lipinski definition) is 0. The Balaban J connectivity index is 1.56. The normalized spacial score (nSPS) is 18.4. The molecule has 2 aliphatic heterocycles. The Kier molecular flexibility index (Phi) is 6.00. The minimum Gasteiger partial charge on any atom is -0.441 e. The number of likely N-dealkylation sites (tertiary alicyclic amines) is 1. The van der Waals surface area contributed by atoms with Gasteiger partial charge in [-0.05, 0) is 18.6 Å². The molecule has 2 heterocycles. The first kappa shape index (κ1) is 19.2. The average Bonchev–Trinajstić information content (AvgIpc) is 3.00. The van der Waals surface area contributed by atoms with E-state index in [2.05, 4.69) is 13.0 Å². The molecule has 0 bridgehead atoms. The Hall–Kier alpha value is -2.55. The zero-order valence-corrected chi connectivity index (χ0v) is 15.9. The topological polar surface area (TPSA) is 73.6 Å². The van der Waals surface area contributed by atoms with Gasteiger partial charge in [0.05, 0.1) is 23.7 Å². The number of piperidine rings is 1. The van der Waals surface area contributed by atoms with Crippen LogP contribution in [0, 0.1) is 11.3 Å². The molecule has 0 atom stereocenters. The number of carbonyl (C=O) groups is 2. The third kappa shape index (κ3) is 4.24. The number of carbonyl (C=O) groups excluding carboxylic acids is 2. The van der Waals surface area contributed by atoms with Crippen molar-refractivity contribution in [3.05, 3.63) is 35.4 Å². The monoisotopic (exact) mass is 369 g/mol. The van der Waals surface area contributed by atoms with Gasteiger partial charge in [-0.25, -0.2) is 4.79 Å². The summed E-state index contributed by atoms with van der Waals surface area (Å²) in [5, 5.41) is 9.21. The highest BCUT2D eigenvalue weighted by Gasteiger charge is 2.47. The number of unbranched alkanes of at least 4 members (excludes halogenated alkanes) is 3. The molecular weight excluding hydrogens is 342 g/mol. The minimum atomic E-state index is -0.465. The second-order valence-corrected chi connectivity index (χ2v) is 7.48. The third-order valence-electron chi connectivity index (χ3n) is 5.56. The first-order valence-electron chi connectivity index (χ1n) is 9.85. The van der Waals surface area contributed by atoms with Crippen molar-refractivity contribution in [3.8, 4) is 6.07 Å². The highest BCUT2D eigenvalue weighted by Crippen LogP contribution is 2.34. The molecular formula is C21H27N3O3. The number of ether oxygens (including phenoxy) is 1. The summed E-state index contributed by atoms with van der Waals surface area (Å²) in [6.07, 6.45) is 5.57. The van der Waals surface area contributed by atoms with Crippen molar-refractivity contribution in [1.82, 2.24) is 9.80 Å². The second-order valence-electron chi connectivity index (χ2n) is 7.48. The minimum absolute atomic E-state index is 0.122. The van der Waals surface area contributed by atoms with Crippen LogP contribution < -0.4 is 0 Å². The molecule has 6 heteroatoms. The quantitative estimate of drug-likeness (QED) is 0.719. The maximum absolute atomic E-state index is 12.8. The predicted molar refractivity (Wildman–Crippen MR) is 101 cm³/mol. The van der Waals surface area contributed by atoms with Crippen molar-refractivity contribution in [2.45, 2.75) is 51.0 Å². The number of rotatable bonds is 6. The van der Waals surface area contributed by atoms with E-state index >= 15 is 0 Å². The van der Waals surface area contributed by atoms with Gasteiger partial charge in [-0.15, -0.1) is 0 Å². The maximum Gasteiger partial charge on any atom is 0.410 e. The Morgan fingerprint density at radius 2 is 1.96 bits per heavy atom. The van der Waals surface area contributed by atoms with E-state index in [-0.39, 0.29) is 12.0 Å². The van der Waals surface area contributed by atoms with Crippen molar-refractivity contribution in [2.75, 3.05) is 26.2 Å². The van der Waals surface area contributed by atoms with Crippen LogP contribution in [-0.4, -0.2) is 53.6 Å². The summed E-state index contributed by atoms with van der Waals surface area (Å²) in [7, 11) is 0. The van der Waals surface area contributed by atoms with Crippen molar-refractivity contribution in [3.63, 3.8) is 0 Å². The molecule has 0 aromatic heterocycles. The molecule has 0 N–H and O–H groups in total. The molecule has 3 rings (SSSR count). The van der Waals surface area contributed by atoms with Crippen LogP contribution in [0.15, 0.2) is 24.3 Å². The molecule has 0 aliphatic carbocycles. The number of hydrogen-bond acceptors (Lipinski definition) is 4. The fourth-order valence-electron chi connectivity index (χ4n) is 3.91. The summed E-state index contributed by atoms with van der Waals surface area (Å²) in [5.74, 6) is -0.122. The zero-order chi connectivity index (χ0) is 19.3. The smallest absolute Gasteiger partial charge is 0.410 e. The van der Waals surface area contributed by atoms with Gasteiger partial charge < -0.3 is 14.5 Å². The summed E-state index contributed by atoms with van der Waals surface area (Å²) >= 11 is 0. The van der Waals surface area contributed by atoms with E-state index in [9.17, 15) is 14.9 Å². The van der Waals surface area contributed by atoms with E-state index in [4.69, 9.17) is 4.74 Å². The maximum atomic E-state index is 12.8. The van der Waals surface area contributed by atoms with Crippen LogP contribution in [0.4, 0.5) is 4.79 Å². The van der Waals surface area contributed by atoms with E-state index in [0.717, 1.165) is 19.4 Å². The van der Waals surface area contributed by atoms with Crippen LogP contribution in [-0.2, 0) is 4.74 Å². The van der Waals surface area contributed by atoms with Gasteiger partial charge in [0.2, 0.25) is 0 Å². The molecule has 0 radical (unpaired) electrons. The lowest BCUT2D eigenvalue weighted by Gasteiger charge is -2.37. The van der Waals surface area contributed by atoms with Gasteiger partial charge in [-0.1, -0.05) is 38.3 Å². The van der Waals surface area contributed by atoms with Crippen molar-refractivity contribution >= 4 is 12.0 Å². The molecule has 6 nitrogen and oxygen atoms in total. The number of amides is 2. The van der Waals surface area contributed by atoms with E-state index in [1.165, 1.54) is 12.8 Å². The predicted octanol–water partition coefficient (Wildman–Crippen LogP) is 3.57. The lowest BCUT2D eigenvalue weighted by atomic mass is 9.90. The molecule has 2 saturated heterocycles. The number of nitriles is 1. The van der Waals surface area contributed by atoms with Gasteiger partial charge in [-0.3, -0.25) is 4.79 Å². The third-order valence-corrected chi connectivity index (χ3v) is 5.56. The molecule has 0 saturated carbocycles. The fourth-order valence-corrected chi connectivity index (χ4v) is 3.91. The SMILES string of the molecule is CCCCCCN1CC2(CCN(C(=O)c3ccccc3C#N)CC2)OC1=O. The van der Waals surface area contributed by atoms with Crippen LogP contribution in [0.1, 0.15) is 61.4 Å². The van der Waals surface area contributed by atoms with Gasteiger partial charge >= 0.3 is 6.09 Å². The van der Waals surface area contributed by atoms with Crippen molar-refractivity contribution in [2.24, 2.45) is 0 Å². The molecule has 2 fully saturated rings. The molecule has 144 valence electrons. The fraction of sp³-hybridized carbons (Fsp3) is 0.571. The lowest BCUT2D eigenvalue weighted by Crippen LogP contribution is -2.48. The molecule has 27 heavy (non-hydrogen) atoms.